The molecule has 2 nitrogen and oxygen atoms in total. The van der Waals surface area contributed by atoms with E-state index in [9.17, 15) is 5.11 Å². The van der Waals surface area contributed by atoms with Gasteiger partial charge in [0.15, 0.2) is 0 Å². The molecule has 0 bridgehead atoms. The van der Waals surface area contributed by atoms with Crippen LogP contribution in [-0.2, 0) is 6.42 Å². The normalized spacial score (nSPS) is 12.7. The van der Waals surface area contributed by atoms with Crippen LogP contribution in [-0.4, -0.2) is 10.1 Å². The minimum Gasteiger partial charge on any atom is -0.388 e. The Labute approximate surface area is 122 Å². The number of aromatic nitrogens is 1. The van der Waals surface area contributed by atoms with E-state index in [2.05, 4.69) is 22.5 Å². The second-order valence-electron chi connectivity index (χ2n) is 5.00. The summed E-state index contributed by atoms with van der Waals surface area (Å²) in [6, 6.07) is 14.2. The summed E-state index contributed by atoms with van der Waals surface area (Å²) in [5.74, 6) is 0. The largest absolute Gasteiger partial charge is 0.388 e. The Bertz CT molecular complexity index is 706. The second-order valence-corrected chi connectivity index (χ2v) is 6.04. The number of fused-ring (bicyclic) bond motifs is 1. The number of aliphatic hydroxyl groups is 1. The van der Waals surface area contributed by atoms with Crippen LogP contribution in [0, 0.1) is 6.92 Å². The standard InChI is InChI=1S/C17H17NOS/c1-12-11-15(14-6-2-3-7-16(14)18-12)17(19)9-8-13-5-4-10-20-13/h2-7,10-11,17,19H,8-9H2,1H3. The number of benzene rings is 1. The zero-order valence-electron chi connectivity index (χ0n) is 11.4. The van der Waals surface area contributed by atoms with E-state index in [-0.39, 0.29) is 0 Å². The van der Waals surface area contributed by atoms with Crippen molar-refractivity contribution >= 4 is 22.2 Å². The summed E-state index contributed by atoms with van der Waals surface area (Å²) in [7, 11) is 0. The van der Waals surface area contributed by atoms with Crippen molar-refractivity contribution in [3.05, 3.63) is 64.0 Å². The fourth-order valence-electron chi connectivity index (χ4n) is 2.51. The number of hydrogen-bond donors (Lipinski definition) is 1. The van der Waals surface area contributed by atoms with E-state index < -0.39 is 6.10 Å². The highest BCUT2D eigenvalue weighted by Gasteiger charge is 2.13. The van der Waals surface area contributed by atoms with Crippen LogP contribution in [0.25, 0.3) is 10.9 Å². The average molecular weight is 283 g/mol. The number of nitrogens with zero attached hydrogens (tertiary/aromatic N) is 1. The third-order valence-corrected chi connectivity index (χ3v) is 4.42. The zero-order valence-corrected chi connectivity index (χ0v) is 12.2. The maximum absolute atomic E-state index is 10.5. The van der Waals surface area contributed by atoms with Crippen molar-refractivity contribution in [1.82, 2.24) is 4.98 Å². The number of hydrogen-bond acceptors (Lipinski definition) is 3. The van der Waals surface area contributed by atoms with Gasteiger partial charge in [0, 0.05) is 16.0 Å². The van der Waals surface area contributed by atoms with Crippen LogP contribution in [0.4, 0.5) is 0 Å². The summed E-state index contributed by atoms with van der Waals surface area (Å²) in [6.45, 7) is 1.97. The number of aryl methyl sites for hydroxylation is 2. The highest BCUT2D eigenvalue weighted by atomic mass is 32.1. The monoisotopic (exact) mass is 283 g/mol. The third-order valence-electron chi connectivity index (χ3n) is 3.48. The first kappa shape index (κ1) is 13.3. The lowest BCUT2D eigenvalue weighted by Gasteiger charge is -2.14. The molecule has 2 aromatic heterocycles. The van der Waals surface area contributed by atoms with Gasteiger partial charge in [-0.05, 0) is 48.9 Å². The van der Waals surface area contributed by atoms with Crippen LogP contribution in [0.5, 0.6) is 0 Å². The quantitative estimate of drug-likeness (QED) is 0.775. The van der Waals surface area contributed by atoms with E-state index in [1.807, 2.05) is 37.3 Å². The molecule has 0 saturated carbocycles. The molecular weight excluding hydrogens is 266 g/mol. The summed E-state index contributed by atoms with van der Waals surface area (Å²) < 4.78 is 0. The van der Waals surface area contributed by atoms with Crippen molar-refractivity contribution in [3.63, 3.8) is 0 Å². The molecule has 0 aliphatic heterocycles. The van der Waals surface area contributed by atoms with Gasteiger partial charge in [0.2, 0.25) is 0 Å². The molecule has 0 fully saturated rings. The topological polar surface area (TPSA) is 33.1 Å². The van der Waals surface area contributed by atoms with Crippen molar-refractivity contribution in [2.24, 2.45) is 0 Å². The van der Waals surface area contributed by atoms with Crippen LogP contribution < -0.4 is 0 Å². The molecule has 0 aliphatic carbocycles. The molecule has 3 heteroatoms. The lowest BCUT2D eigenvalue weighted by atomic mass is 9.99. The average Bonchev–Trinajstić information content (AvgIpc) is 2.97. The molecule has 1 unspecified atom stereocenters. The van der Waals surface area contributed by atoms with E-state index >= 15 is 0 Å². The van der Waals surface area contributed by atoms with Gasteiger partial charge in [0.05, 0.1) is 11.6 Å². The first-order valence-corrected chi connectivity index (χ1v) is 7.69. The van der Waals surface area contributed by atoms with Gasteiger partial charge in [-0.3, -0.25) is 4.98 Å². The highest BCUT2D eigenvalue weighted by Crippen LogP contribution is 2.27. The van der Waals surface area contributed by atoms with E-state index in [0.29, 0.717) is 0 Å². The summed E-state index contributed by atoms with van der Waals surface area (Å²) >= 11 is 1.74. The van der Waals surface area contributed by atoms with Gasteiger partial charge in [-0.1, -0.05) is 24.3 Å². The van der Waals surface area contributed by atoms with Crippen molar-refractivity contribution in [3.8, 4) is 0 Å². The fraction of sp³-hybridized carbons (Fsp3) is 0.235. The fourth-order valence-corrected chi connectivity index (χ4v) is 3.23. The Morgan fingerprint density at radius 2 is 2.05 bits per heavy atom. The SMILES string of the molecule is Cc1cc(C(O)CCc2cccs2)c2ccccc2n1. The Morgan fingerprint density at radius 3 is 2.85 bits per heavy atom. The Hall–Kier alpha value is -1.71. The number of pyridine rings is 1. The lowest BCUT2D eigenvalue weighted by Crippen LogP contribution is -2.02. The predicted molar refractivity (Wildman–Crippen MR) is 84.1 cm³/mol. The van der Waals surface area contributed by atoms with E-state index in [4.69, 9.17) is 0 Å². The van der Waals surface area contributed by atoms with Crippen molar-refractivity contribution in [2.45, 2.75) is 25.9 Å². The molecular formula is C17H17NOS. The minimum absolute atomic E-state index is 0.441. The van der Waals surface area contributed by atoms with Gasteiger partial charge in [0.1, 0.15) is 0 Å². The molecule has 20 heavy (non-hydrogen) atoms. The molecule has 3 aromatic rings. The smallest absolute Gasteiger partial charge is 0.0800 e. The minimum atomic E-state index is -0.441. The Balaban J connectivity index is 1.88. The van der Waals surface area contributed by atoms with Gasteiger partial charge in [0.25, 0.3) is 0 Å². The molecule has 2 heterocycles. The van der Waals surface area contributed by atoms with Gasteiger partial charge in [-0.25, -0.2) is 0 Å². The number of thiophene rings is 1. The van der Waals surface area contributed by atoms with Crippen LogP contribution in [0.2, 0.25) is 0 Å². The number of rotatable bonds is 4. The Kier molecular flexibility index (Phi) is 3.81. The molecule has 102 valence electrons. The van der Waals surface area contributed by atoms with Gasteiger partial charge < -0.3 is 5.11 Å². The molecule has 1 atom stereocenters. The summed E-state index contributed by atoms with van der Waals surface area (Å²) in [5.41, 5.74) is 2.90. The van der Waals surface area contributed by atoms with Crippen LogP contribution in [0.1, 0.15) is 28.7 Å². The van der Waals surface area contributed by atoms with E-state index in [0.717, 1.165) is 35.0 Å². The summed E-state index contributed by atoms with van der Waals surface area (Å²) in [4.78, 5) is 5.84. The first-order valence-electron chi connectivity index (χ1n) is 6.81. The van der Waals surface area contributed by atoms with Gasteiger partial charge in [-0.15, -0.1) is 11.3 Å². The third kappa shape index (κ3) is 2.74. The molecule has 0 aliphatic rings. The van der Waals surface area contributed by atoms with E-state index in [1.54, 1.807) is 11.3 Å². The zero-order chi connectivity index (χ0) is 13.9. The molecule has 0 spiro atoms. The van der Waals surface area contributed by atoms with E-state index in [1.165, 1.54) is 4.88 Å². The molecule has 1 N–H and O–H groups in total. The maximum Gasteiger partial charge on any atom is 0.0800 e. The van der Waals surface area contributed by atoms with Gasteiger partial charge >= 0.3 is 0 Å². The number of aliphatic hydroxyl groups excluding tert-OH is 1. The highest BCUT2D eigenvalue weighted by molar-refractivity contribution is 7.09. The Morgan fingerprint density at radius 1 is 1.20 bits per heavy atom. The first-order chi connectivity index (χ1) is 9.74. The maximum atomic E-state index is 10.5. The summed E-state index contributed by atoms with van der Waals surface area (Å²) in [5, 5.41) is 13.6. The predicted octanol–water partition coefficient (Wildman–Crippen LogP) is 4.27. The summed E-state index contributed by atoms with van der Waals surface area (Å²) in [6.07, 6.45) is 1.21. The van der Waals surface area contributed by atoms with Crippen LogP contribution >= 0.6 is 11.3 Å². The van der Waals surface area contributed by atoms with Crippen LogP contribution in [0.15, 0.2) is 47.8 Å². The molecule has 0 radical (unpaired) electrons. The molecule has 0 saturated heterocycles. The second kappa shape index (κ2) is 5.73. The van der Waals surface area contributed by atoms with Crippen molar-refractivity contribution < 1.29 is 5.11 Å². The molecule has 1 aromatic carbocycles. The molecule has 3 rings (SSSR count). The van der Waals surface area contributed by atoms with Crippen molar-refractivity contribution in [2.75, 3.05) is 0 Å². The lowest BCUT2D eigenvalue weighted by molar-refractivity contribution is 0.169. The van der Waals surface area contributed by atoms with Crippen molar-refractivity contribution in [1.29, 1.82) is 0 Å². The number of para-hydroxylation sites is 1. The van der Waals surface area contributed by atoms with Gasteiger partial charge in [-0.2, -0.15) is 0 Å². The molecule has 0 amide bonds. The van der Waals surface area contributed by atoms with Crippen LogP contribution in [0.3, 0.4) is 0 Å².